The van der Waals surface area contributed by atoms with Crippen LogP contribution in [0.15, 0.2) is 36.0 Å². The van der Waals surface area contributed by atoms with Gasteiger partial charge in [0.15, 0.2) is 6.10 Å². The molecule has 0 aromatic heterocycles. The van der Waals surface area contributed by atoms with E-state index in [4.69, 9.17) is 9.84 Å². The van der Waals surface area contributed by atoms with Gasteiger partial charge in [0.2, 0.25) is 0 Å². The second-order valence-corrected chi connectivity index (χ2v) is 5.71. The summed E-state index contributed by atoms with van der Waals surface area (Å²) in [5.74, 6) is -0.971. The van der Waals surface area contributed by atoms with Crippen LogP contribution in [0.1, 0.15) is 13.8 Å². The number of hydrogen-bond donors (Lipinski definition) is 5. The second kappa shape index (κ2) is 7.17. The van der Waals surface area contributed by atoms with Crippen molar-refractivity contribution in [3.05, 3.63) is 36.0 Å². The normalized spacial score (nSPS) is 29.3. The zero-order chi connectivity index (χ0) is 17.1. The molecule has 0 saturated heterocycles. The Morgan fingerprint density at radius 3 is 2.50 bits per heavy atom. The molecule has 1 aliphatic rings. The molecule has 4 atom stereocenters. The highest BCUT2D eigenvalue weighted by atomic mass is 16.6. The van der Waals surface area contributed by atoms with Crippen molar-refractivity contribution in [3.63, 3.8) is 0 Å². The third kappa shape index (κ3) is 4.75. The molecule has 0 aliphatic heterocycles. The quantitative estimate of drug-likeness (QED) is 0.318. The number of esters is 1. The van der Waals surface area contributed by atoms with Crippen LogP contribution in [0.3, 0.4) is 0 Å². The summed E-state index contributed by atoms with van der Waals surface area (Å²) in [7, 11) is 0. The Morgan fingerprint density at radius 1 is 1.41 bits per heavy atom. The summed E-state index contributed by atoms with van der Waals surface area (Å²) in [5.41, 5.74) is -1.17. The topological polar surface area (TPSA) is 127 Å². The van der Waals surface area contributed by atoms with Crippen molar-refractivity contribution in [1.29, 1.82) is 0 Å². The highest BCUT2D eigenvalue weighted by molar-refractivity contribution is 5.88. The van der Waals surface area contributed by atoms with Crippen molar-refractivity contribution in [2.75, 3.05) is 6.61 Å². The molecule has 0 saturated carbocycles. The zero-order valence-corrected chi connectivity index (χ0v) is 12.5. The van der Waals surface area contributed by atoms with Gasteiger partial charge >= 0.3 is 5.97 Å². The molecule has 5 N–H and O–H groups in total. The summed E-state index contributed by atoms with van der Waals surface area (Å²) in [6, 6.07) is 0. The SMILES string of the molecule is C=C(CO)C(=O)O[C@@H]1[C@@H](O)[C@@H](O)C(/C=C/C(C)(C)O)=C[C@H]1O. The number of carbonyl (C=O) groups is 1. The Bertz CT molecular complexity index is 487. The van der Waals surface area contributed by atoms with Crippen LogP contribution in [0.4, 0.5) is 0 Å². The molecule has 22 heavy (non-hydrogen) atoms. The van der Waals surface area contributed by atoms with E-state index in [1.165, 1.54) is 32.1 Å². The van der Waals surface area contributed by atoms with Crippen LogP contribution in [-0.4, -0.2) is 68.1 Å². The third-order valence-electron chi connectivity index (χ3n) is 3.11. The molecule has 0 aromatic carbocycles. The molecule has 0 radical (unpaired) electrons. The average Bonchev–Trinajstić information content (AvgIpc) is 2.43. The van der Waals surface area contributed by atoms with E-state index >= 15 is 0 Å². The van der Waals surface area contributed by atoms with Crippen LogP contribution in [0.25, 0.3) is 0 Å². The summed E-state index contributed by atoms with van der Waals surface area (Å²) in [6.45, 7) is 5.71. The minimum atomic E-state index is -1.56. The number of hydrogen-bond acceptors (Lipinski definition) is 7. The van der Waals surface area contributed by atoms with Crippen molar-refractivity contribution in [2.24, 2.45) is 0 Å². The lowest BCUT2D eigenvalue weighted by Gasteiger charge is -2.34. The lowest BCUT2D eigenvalue weighted by Crippen LogP contribution is -2.50. The predicted molar refractivity (Wildman–Crippen MR) is 77.6 cm³/mol. The lowest BCUT2D eigenvalue weighted by molar-refractivity contribution is -0.164. The first-order chi connectivity index (χ1) is 10.1. The van der Waals surface area contributed by atoms with E-state index in [1.807, 2.05) is 0 Å². The fourth-order valence-corrected chi connectivity index (χ4v) is 1.83. The molecule has 0 bridgehead atoms. The molecular weight excluding hydrogens is 292 g/mol. The Hall–Kier alpha value is -1.51. The van der Waals surface area contributed by atoms with Crippen molar-refractivity contribution in [1.82, 2.24) is 0 Å². The molecule has 124 valence electrons. The molecule has 0 unspecified atom stereocenters. The Morgan fingerprint density at radius 2 is 2.00 bits per heavy atom. The van der Waals surface area contributed by atoms with E-state index in [2.05, 4.69) is 6.58 Å². The maximum Gasteiger partial charge on any atom is 0.336 e. The van der Waals surface area contributed by atoms with Crippen LogP contribution < -0.4 is 0 Å². The minimum Gasteiger partial charge on any atom is -0.453 e. The maximum atomic E-state index is 11.5. The summed E-state index contributed by atoms with van der Waals surface area (Å²) in [6.07, 6.45) is -1.71. The first-order valence-corrected chi connectivity index (χ1v) is 6.74. The first kappa shape index (κ1) is 18.5. The van der Waals surface area contributed by atoms with Crippen molar-refractivity contribution in [3.8, 4) is 0 Å². The van der Waals surface area contributed by atoms with Gasteiger partial charge in [0.05, 0.1) is 17.8 Å². The molecule has 0 heterocycles. The highest BCUT2D eigenvalue weighted by Crippen LogP contribution is 2.25. The number of aliphatic hydroxyl groups excluding tert-OH is 4. The van der Waals surface area contributed by atoms with E-state index in [-0.39, 0.29) is 11.1 Å². The van der Waals surface area contributed by atoms with Gasteiger partial charge in [-0.2, -0.15) is 0 Å². The minimum absolute atomic E-state index is 0.190. The van der Waals surface area contributed by atoms with Crippen LogP contribution in [0.2, 0.25) is 0 Å². The van der Waals surface area contributed by atoms with Gasteiger partial charge < -0.3 is 30.3 Å². The van der Waals surface area contributed by atoms with Gasteiger partial charge in [-0.3, -0.25) is 0 Å². The summed E-state index contributed by atoms with van der Waals surface area (Å²) >= 11 is 0. The monoisotopic (exact) mass is 314 g/mol. The highest BCUT2D eigenvalue weighted by Gasteiger charge is 2.40. The lowest BCUT2D eigenvalue weighted by atomic mass is 9.88. The fourth-order valence-electron chi connectivity index (χ4n) is 1.83. The second-order valence-electron chi connectivity index (χ2n) is 5.71. The van der Waals surface area contributed by atoms with Crippen LogP contribution in [0, 0.1) is 0 Å². The van der Waals surface area contributed by atoms with Gasteiger partial charge in [-0.25, -0.2) is 4.79 Å². The number of rotatable bonds is 5. The number of aliphatic hydroxyl groups is 5. The molecule has 1 aliphatic carbocycles. The first-order valence-electron chi connectivity index (χ1n) is 6.74. The zero-order valence-electron chi connectivity index (χ0n) is 12.5. The molecule has 0 amide bonds. The van der Waals surface area contributed by atoms with E-state index < -0.39 is 42.6 Å². The van der Waals surface area contributed by atoms with Crippen LogP contribution in [0.5, 0.6) is 0 Å². The van der Waals surface area contributed by atoms with Crippen molar-refractivity contribution >= 4 is 5.97 Å². The molecular formula is C15H22O7. The van der Waals surface area contributed by atoms with E-state index in [0.717, 1.165) is 0 Å². The van der Waals surface area contributed by atoms with Crippen LogP contribution >= 0.6 is 0 Å². The maximum absolute atomic E-state index is 11.5. The van der Waals surface area contributed by atoms with Crippen molar-refractivity contribution < 1.29 is 35.1 Å². The Kier molecular flexibility index (Phi) is 6.04. The van der Waals surface area contributed by atoms with Gasteiger partial charge in [0.25, 0.3) is 0 Å². The molecule has 7 heteroatoms. The van der Waals surface area contributed by atoms with Gasteiger partial charge in [-0.1, -0.05) is 18.7 Å². The largest absolute Gasteiger partial charge is 0.453 e. The van der Waals surface area contributed by atoms with Crippen molar-refractivity contribution in [2.45, 2.75) is 43.9 Å². The molecule has 0 fully saturated rings. The summed E-state index contributed by atoms with van der Waals surface area (Å²) in [4.78, 5) is 11.5. The van der Waals surface area contributed by atoms with Gasteiger partial charge in [0, 0.05) is 0 Å². The number of carbonyl (C=O) groups excluding carboxylic acids is 1. The third-order valence-corrected chi connectivity index (χ3v) is 3.11. The standard InChI is InChI=1S/C15H22O7/c1-8(7-16)14(20)22-13-10(17)6-9(11(18)12(13)19)4-5-15(2,3)21/h4-6,10-13,16-19,21H,1,7H2,2-3H3/b5-4+/t10-,11+,12+,13+/m1/s1. The van der Waals surface area contributed by atoms with E-state index in [9.17, 15) is 25.2 Å². The Balaban J connectivity index is 2.91. The Labute approximate surface area is 128 Å². The molecule has 0 spiro atoms. The van der Waals surface area contributed by atoms with Crippen LogP contribution in [-0.2, 0) is 9.53 Å². The van der Waals surface area contributed by atoms with E-state index in [0.29, 0.717) is 0 Å². The fraction of sp³-hybridized carbons (Fsp3) is 0.533. The molecule has 0 aromatic rings. The average molecular weight is 314 g/mol. The molecule has 1 rings (SSSR count). The van der Waals surface area contributed by atoms with Gasteiger partial charge in [0.1, 0.15) is 18.3 Å². The molecule has 7 nitrogen and oxygen atoms in total. The van der Waals surface area contributed by atoms with Gasteiger partial charge in [-0.15, -0.1) is 0 Å². The summed E-state index contributed by atoms with van der Waals surface area (Å²) in [5, 5.41) is 48.3. The predicted octanol–water partition coefficient (Wildman–Crippen LogP) is -1.20. The number of ether oxygens (including phenoxy) is 1. The van der Waals surface area contributed by atoms with E-state index in [1.54, 1.807) is 0 Å². The van der Waals surface area contributed by atoms with Gasteiger partial charge in [-0.05, 0) is 25.5 Å². The summed E-state index contributed by atoms with van der Waals surface area (Å²) < 4.78 is 4.86. The smallest absolute Gasteiger partial charge is 0.336 e.